The Balaban J connectivity index is 2.58. The van der Waals surface area contributed by atoms with Gasteiger partial charge >= 0.3 is 0 Å². The van der Waals surface area contributed by atoms with Gasteiger partial charge in [0.05, 0.1) is 5.56 Å². The zero-order chi connectivity index (χ0) is 12.6. The molecule has 1 aliphatic rings. The molecule has 1 aromatic carbocycles. The highest BCUT2D eigenvalue weighted by molar-refractivity contribution is 6.16. The molecule has 90 valence electrons. The topological polar surface area (TPSA) is 57.6 Å². The van der Waals surface area contributed by atoms with Crippen LogP contribution in [0.1, 0.15) is 40.5 Å². The molecule has 1 N–H and O–H groups in total. The Morgan fingerprint density at radius 3 is 2.41 bits per heavy atom. The van der Waals surface area contributed by atoms with E-state index in [1.165, 1.54) is 7.05 Å². The van der Waals surface area contributed by atoms with Crippen molar-refractivity contribution < 1.29 is 14.7 Å². The number of hydrogen-bond acceptors (Lipinski definition) is 3. The lowest BCUT2D eigenvalue weighted by Gasteiger charge is -2.39. The first-order valence-electron chi connectivity index (χ1n) is 5.66. The Bertz CT molecular complexity index is 483. The van der Waals surface area contributed by atoms with Crippen LogP contribution in [0.25, 0.3) is 0 Å². The van der Waals surface area contributed by atoms with Gasteiger partial charge in [-0.25, -0.2) is 0 Å². The number of aliphatic hydroxyl groups is 1. The van der Waals surface area contributed by atoms with E-state index in [4.69, 9.17) is 0 Å². The van der Waals surface area contributed by atoms with E-state index >= 15 is 0 Å². The summed E-state index contributed by atoms with van der Waals surface area (Å²) in [6.07, 6.45) is 0.879. The number of hydrogen-bond donors (Lipinski definition) is 1. The standard InChI is InChI=1S/C13H15NO3/c1-3-8-13(17)11(15)9-6-4-5-7-10(9)12(16)14(13)2/h4-7,17H,3,8H2,1-2H3. The summed E-state index contributed by atoms with van der Waals surface area (Å²) in [6, 6.07) is 6.60. The van der Waals surface area contributed by atoms with E-state index in [1.807, 2.05) is 6.92 Å². The van der Waals surface area contributed by atoms with Crippen molar-refractivity contribution in [3.8, 4) is 0 Å². The molecule has 1 aliphatic heterocycles. The average Bonchev–Trinajstić information content (AvgIpc) is 2.35. The molecule has 0 fully saturated rings. The van der Waals surface area contributed by atoms with Crippen LogP contribution in [0.3, 0.4) is 0 Å². The fourth-order valence-corrected chi connectivity index (χ4v) is 2.21. The molecule has 0 aromatic heterocycles. The first-order valence-corrected chi connectivity index (χ1v) is 5.66. The third-order valence-corrected chi connectivity index (χ3v) is 3.22. The predicted octanol–water partition coefficient (Wildman–Crippen LogP) is 1.44. The van der Waals surface area contributed by atoms with Crippen molar-refractivity contribution in [1.82, 2.24) is 4.90 Å². The van der Waals surface area contributed by atoms with E-state index in [9.17, 15) is 14.7 Å². The fourth-order valence-electron chi connectivity index (χ4n) is 2.21. The predicted molar refractivity (Wildman–Crippen MR) is 62.7 cm³/mol. The van der Waals surface area contributed by atoms with Gasteiger partial charge in [-0.05, 0) is 6.07 Å². The molecule has 1 amide bonds. The van der Waals surface area contributed by atoms with Gasteiger partial charge < -0.3 is 10.0 Å². The molecule has 17 heavy (non-hydrogen) atoms. The second-order valence-corrected chi connectivity index (χ2v) is 4.31. The first kappa shape index (κ1) is 11.8. The van der Waals surface area contributed by atoms with Crippen LogP contribution in [0.15, 0.2) is 24.3 Å². The third kappa shape index (κ3) is 1.56. The number of benzene rings is 1. The van der Waals surface area contributed by atoms with Gasteiger partial charge in [-0.1, -0.05) is 31.5 Å². The molecule has 1 unspecified atom stereocenters. The van der Waals surface area contributed by atoms with Crippen LogP contribution in [0, 0.1) is 0 Å². The lowest BCUT2D eigenvalue weighted by Crippen LogP contribution is -2.58. The van der Waals surface area contributed by atoms with Gasteiger partial charge in [0, 0.05) is 19.0 Å². The van der Waals surface area contributed by atoms with Crippen LogP contribution in [0.2, 0.25) is 0 Å². The molecular weight excluding hydrogens is 218 g/mol. The quantitative estimate of drug-likeness (QED) is 0.841. The summed E-state index contributed by atoms with van der Waals surface area (Å²) >= 11 is 0. The second kappa shape index (κ2) is 3.96. The fraction of sp³-hybridized carbons (Fsp3) is 0.385. The van der Waals surface area contributed by atoms with E-state index in [-0.39, 0.29) is 12.3 Å². The Kier molecular flexibility index (Phi) is 2.75. The molecule has 0 radical (unpaired) electrons. The maximum absolute atomic E-state index is 12.2. The van der Waals surface area contributed by atoms with Crippen LogP contribution in [0.4, 0.5) is 0 Å². The third-order valence-electron chi connectivity index (χ3n) is 3.22. The normalized spacial score (nSPS) is 23.8. The van der Waals surface area contributed by atoms with Crippen LogP contribution < -0.4 is 0 Å². The van der Waals surface area contributed by atoms with Crippen molar-refractivity contribution in [3.63, 3.8) is 0 Å². The molecule has 0 spiro atoms. The summed E-state index contributed by atoms with van der Waals surface area (Å²) < 4.78 is 0. The number of likely N-dealkylation sites (N-methyl/N-ethyl adjacent to an activating group) is 1. The van der Waals surface area contributed by atoms with E-state index in [0.29, 0.717) is 17.5 Å². The number of fused-ring (bicyclic) bond motifs is 1. The van der Waals surface area contributed by atoms with E-state index in [2.05, 4.69) is 0 Å². The molecule has 0 saturated heterocycles. The number of ketones is 1. The van der Waals surface area contributed by atoms with Crippen LogP contribution in [-0.2, 0) is 0 Å². The van der Waals surface area contributed by atoms with Crippen molar-refractivity contribution in [2.45, 2.75) is 25.5 Å². The zero-order valence-corrected chi connectivity index (χ0v) is 9.93. The number of rotatable bonds is 2. The maximum atomic E-state index is 12.2. The van der Waals surface area contributed by atoms with Crippen molar-refractivity contribution in [2.24, 2.45) is 0 Å². The minimum Gasteiger partial charge on any atom is -0.364 e. The lowest BCUT2D eigenvalue weighted by atomic mass is 9.87. The Morgan fingerprint density at radius 2 is 1.82 bits per heavy atom. The Labute approximate surface area is 99.9 Å². The molecule has 4 heteroatoms. The van der Waals surface area contributed by atoms with Gasteiger partial charge in [0.1, 0.15) is 0 Å². The molecule has 1 heterocycles. The summed E-state index contributed by atoms with van der Waals surface area (Å²) in [5.74, 6) is -0.701. The largest absolute Gasteiger partial charge is 0.364 e. The van der Waals surface area contributed by atoms with Crippen LogP contribution >= 0.6 is 0 Å². The number of amides is 1. The number of carbonyl (C=O) groups is 2. The summed E-state index contributed by atoms with van der Waals surface area (Å²) in [5.41, 5.74) is -1.02. The minimum atomic E-state index is -1.69. The van der Waals surface area contributed by atoms with Gasteiger partial charge in [-0.2, -0.15) is 0 Å². The summed E-state index contributed by atoms with van der Waals surface area (Å²) in [7, 11) is 1.46. The zero-order valence-electron chi connectivity index (χ0n) is 9.93. The molecule has 2 rings (SSSR count). The SMILES string of the molecule is CCCC1(O)C(=O)c2ccccc2C(=O)N1C. The van der Waals surface area contributed by atoms with Gasteiger partial charge in [-0.15, -0.1) is 0 Å². The molecule has 4 nitrogen and oxygen atoms in total. The van der Waals surface area contributed by atoms with Gasteiger partial charge in [0.2, 0.25) is 11.5 Å². The minimum absolute atomic E-state index is 0.252. The molecular formula is C13H15NO3. The monoisotopic (exact) mass is 233 g/mol. The number of Topliss-reactive ketones (excluding diaryl/α,β-unsaturated/α-hetero) is 1. The molecule has 0 bridgehead atoms. The van der Waals surface area contributed by atoms with Crippen LogP contribution in [0.5, 0.6) is 0 Å². The first-order chi connectivity index (χ1) is 8.02. The highest BCUT2D eigenvalue weighted by Gasteiger charge is 2.47. The second-order valence-electron chi connectivity index (χ2n) is 4.31. The van der Waals surface area contributed by atoms with E-state index in [1.54, 1.807) is 24.3 Å². The maximum Gasteiger partial charge on any atom is 0.256 e. The summed E-state index contributed by atoms with van der Waals surface area (Å²) in [6.45, 7) is 1.87. The lowest BCUT2D eigenvalue weighted by molar-refractivity contribution is -0.0582. The number of nitrogens with zero attached hydrogens (tertiary/aromatic N) is 1. The Morgan fingerprint density at radius 1 is 1.24 bits per heavy atom. The highest BCUT2D eigenvalue weighted by Crippen LogP contribution is 2.31. The van der Waals surface area contributed by atoms with Gasteiger partial charge in [0.25, 0.3) is 5.91 Å². The van der Waals surface area contributed by atoms with Gasteiger partial charge in [-0.3, -0.25) is 9.59 Å². The molecule has 0 saturated carbocycles. The van der Waals surface area contributed by atoms with E-state index < -0.39 is 11.5 Å². The van der Waals surface area contributed by atoms with Crippen molar-refractivity contribution in [2.75, 3.05) is 7.05 Å². The highest BCUT2D eigenvalue weighted by atomic mass is 16.3. The van der Waals surface area contributed by atoms with Crippen LogP contribution in [-0.4, -0.2) is 34.5 Å². The molecule has 1 atom stereocenters. The Hall–Kier alpha value is -1.68. The van der Waals surface area contributed by atoms with Crippen molar-refractivity contribution >= 4 is 11.7 Å². The van der Waals surface area contributed by atoms with Gasteiger partial charge in [0.15, 0.2) is 0 Å². The summed E-state index contributed by atoms with van der Waals surface area (Å²) in [4.78, 5) is 25.4. The van der Waals surface area contributed by atoms with E-state index in [0.717, 1.165) is 4.90 Å². The molecule has 1 aromatic rings. The van der Waals surface area contributed by atoms with Crippen molar-refractivity contribution in [1.29, 1.82) is 0 Å². The average molecular weight is 233 g/mol. The number of carbonyl (C=O) groups excluding carboxylic acids is 2. The van der Waals surface area contributed by atoms with Crippen molar-refractivity contribution in [3.05, 3.63) is 35.4 Å². The summed E-state index contributed by atoms with van der Waals surface area (Å²) in [5, 5.41) is 10.4. The molecule has 0 aliphatic carbocycles. The smallest absolute Gasteiger partial charge is 0.256 e.